The number of fused-ring (bicyclic) bond motifs is 1. The number of amides is 1. The summed E-state index contributed by atoms with van der Waals surface area (Å²) in [5.41, 5.74) is 0.775. The molecule has 2 aliphatic heterocycles. The van der Waals surface area contributed by atoms with E-state index in [0.29, 0.717) is 35.8 Å². The van der Waals surface area contributed by atoms with Gasteiger partial charge >= 0.3 is 0 Å². The molecule has 2 N–H and O–H groups in total. The third kappa shape index (κ3) is 3.46. The fourth-order valence-corrected chi connectivity index (χ4v) is 3.69. The van der Waals surface area contributed by atoms with Crippen LogP contribution in [0.4, 0.5) is 0 Å². The van der Waals surface area contributed by atoms with Crippen molar-refractivity contribution in [2.75, 3.05) is 33.5 Å². The number of phenols is 1. The fourth-order valence-electron chi connectivity index (χ4n) is 3.69. The van der Waals surface area contributed by atoms with Gasteiger partial charge in [-0.3, -0.25) is 9.59 Å². The van der Waals surface area contributed by atoms with Gasteiger partial charge in [0.25, 0.3) is 11.7 Å². The molecule has 156 valence electrons. The molecule has 8 nitrogen and oxygen atoms in total. The molecule has 30 heavy (non-hydrogen) atoms. The van der Waals surface area contributed by atoms with E-state index >= 15 is 0 Å². The van der Waals surface area contributed by atoms with Crippen molar-refractivity contribution in [1.82, 2.24) is 4.90 Å². The number of likely N-dealkylation sites (tertiary alicyclic amines) is 1. The third-order valence-electron chi connectivity index (χ3n) is 5.08. The number of aromatic hydroxyl groups is 1. The molecular weight excluding hydrogens is 390 g/mol. The molecule has 1 amide bonds. The lowest BCUT2D eigenvalue weighted by Crippen LogP contribution is -2.32. The molecule has 2 aromatic rings. The molecule has 1 atom stereocenters. The standard InChI is InChI=1S/C22H21NO7/c1-28-8-7-23-19(13-3-2-4-15(24)11-13)18(21(26)22(23)27)20(25)14-5-6-16-17(12-14)30-10-9-29-16/h2-6,11-12,19,24-25H,7-10H2,1H3/b20-18+/t19-/m0/s1. The highest BCUT2D eigenvalue weighted by Crippen LogP contribution is 2.41. The minimum Gasteiger partial charge on any atom is -0.508 e. The topological polar surface area (TPSA) is 106 Å². The molecule has 2 aromatic carbocycles. The van der Waals surface area contributed by atoms with Crippen molar-refractivity contribution in [3.8, 4) is 17.2 Å². The molecule has 0 unspecified atom stereocenters. The van der Waals surface area contributed by atoms with E-state index in [1.807, 2.05) is 0 Å². The highest BCUT2D eigenvalue weighted by molar-refractivity contribution is 6.46. The Labute approximate surface area is 172 Å². The van der Waals surface area contributed by atoms with Crippen molar-refractivity contribution in [1.29, 1.82) is 0 Å². The maximum Gasteiger partial charge on any atom is 0.295 e. The summed E-state index contributed by atoms with van der Waals surface area (Å²) in [4.78, 5) is 26.9. The number of carbonyl (C=O) groups is 2. The van der Waals surface area contributed by atoms with Gasteiger partial charge in [-0.25, -0.2) is 0 Å². The molecule has 0 saturated carbocycles. The van der Waals surface area contributed by atoms with E-state index in [4.69, 9.17) is 14.2 Å². The lowest BCUT2D eigenvalue weighted by atomic mass is 9.95. The lowest BCUT2D eigenvalue weighted by molar-refractivity contribution is -0.140. The number of benzene rings is 2. The number of hydrogen-bond acceptors (Lipinski definition) is 7. The summed E-state index contributed by atoms with van der Waals surface area (Å²) in [5.74, 6) is -0.871. The Morgan fingerprint density at radius 1 is 1.13 bits per heavy atom. The van der Waals surface area contributed by atoms with Crippen molar-refractivity contribution in [3.05, 3.63) is 59.2 Å². The van der Waals surface area contributed by atoms with Gasteiger partial charge in [-0.1, -0.05) is 12.1 Å². The molecule has 0 radical (unpaired) electrons. The van der Waals surface area contributed by atoms with Crippen molar-refractivity contribution >= 4 is 17.4 Å². The molecule has 2 aliphatic rings. The lowest BCUT2D eigenvalue weighted by Gasteiger charge is -2.25. The van der Waals surface area contributed by atoms with Crippen molar-refractivity contribution < 1.29 is 34.0 Å². The number of carbonyl (C=O) groups excluding carboxylic acids is 2. The molecule has 0 aliphatic carbocycles. The maximum atomic E-state index is 12.9. The summed E-state index contributed by atoms with van der Waals surface area (Å²) < 4.78 is 16.1. The smallest absolute Gasteiger partial charge is 0.295 e. The van der Waals surface area contributed by atoms with E-state index in [9.17, 15) is 19.8 Å². The number of aliphatic hydroxyl groups excluding tert-OH is 1. The van der Waals surface area contributed by atoms with Crippen molar-refractivity contribution in [3.63, 3.8) is 0 Å². The van der Waals surface area contributed by atoms with Crippen LogP contribution in [0.1, 0.15) is 17.2 Å². The first-order chi connectivity index (χ1) is 14.5. The van der Waals surface area contributed by atoms with Gasteiger partial charge in [0.1, 0.15) is 24.7 Å². The minimum atomic E-state index is -0.861. The Kier molecular flexibility index (Phi) is 5.33. The first-order valence-corrected chi connectivity index (χ1v) is 9.47. The van der Waals surface area contributed by atoms with Gasteiger partial charge in [-0.15, -0.1) is 0 Å². The molecule has 0 spiro atoms. The largest absolute Gasteiger partial charge is 0.508 e. The fraction of sp³-hybridized carbons (Fsp3) is 0.273. The Hall–Kier alpha value is -3.52. The zero-order valence-corrected chi connectivity index (χ0v) is 16.3. The summed E-state index contributed by atoms with van der Waals surface area (Å²) in [5, 5.41) is 21.0. The number of Topliss-reactive ketones (excluding diaryl/α,β-unsaturated/α-hetero) is 1. The first kappa shape index (κ1) is 19.8. The monoisotopic (exact) mass is 411 g/mol. The predicted molar refractivity (Wildman–Crippen MR) is 106 cm³/mol. The van der Waals surface area contributed by atoms with Gasteiger partial charge < -0.3 is 29.3 Å². The summed E-state index contributed by atoms with van der Waals surface area (Å²) in [6.07, 6.45) is 0. The van der Waals surface area contributed by atoms with Crippen molar-refractivity contribution in [2.45, 2.75) is 6.04 Å². The average Bonchev–Trinajstić information content (AvgIpc) is 3.01. The number of nitrogens with zero attached hydrogens (tertiary/aromatic N) is 1. The molecule has 2 heterocycles. The summed E-state index contributed by atoms with van der Waals surface area (Å²) in [7, 11) is 1.50. The zero-order valence-electron chi connectivity index (χ0n) is 16.3. The Morgan fingerprint density at radius 2 is 1.90 bits per heavy atom. The quantitative estimate of drug-likeness (QED) is 0.442. The molecular formula is C22H21NO7. The maximum absolute atomic E-state index is 12.9. The molecule has 1 fully saturated rings. The van der Waals surface area contributed by atoms with Crippen LogP contribution in [0.2, 0.25) is 0 Å². The second-order valence-electron chi connectivity index (χ2n) is 6.94. The number of aliphatic hydroxyl groups is 1. The molecule has 0 bridgehead atoms. The van der Waals surface area contributed by atoms with Crippen LogP contribution in [0, 0.1) is 0 Å². The zero-order chi connectivity index (χ0) is 21.3. The second kappa shape index (κ2) is 8.08. The minimum absolute atomic E-state index is 0.0100. The van der Waals surface area contributed by atoms with Crippen molar-refractivity contribution in [2.24, 2.45) is 0 Å². The van der Waals surface area contributed by atoms with E-state index in [1.54, 1.807) is 30.3 Å². The number of hydrogen-bond donors (Lipinski definition) is 2. The number of rotatable bonds is 5. The summed E-state index contributed by atoms with van der Waals surface area (Å²) in [6, 6.07) is 10.2. The summed E-state index contributed by atoms with van der Waals surface area (Å²) in [6.45, 7) is 1.17. The van der Waals surface area contributed by atoms with Crippen LogP contribution in [0.25, 0.3) is 5.76 Å². The predicted octanol–water partition coefficient (Wildman–Crippen LogP) is 2.23. The van der Waals surface area contributed by atoms with E-state index in [-0.39, 0.29) is 30.2 Å². The molecule has 8 heteroatoms. The second-order valence-corrected chi connectivity index (χ2v) is 6.94. The van der Waals surface area contributed by atoms with Crippen LogP contribution < -0.4 is 9.47 Å². The van der Waals surface area contributed by atoms with E-state index in [1.165, 1.54) is 24.1 Å². The third-order valence-corrected chi connectivity index (χ3v) is 5.08. The van der Waals surface area contributed by atoms with Crippen LogP contribution in [0.5, 0.6) is 17.2 Å². The Bertz CT molecular complexity index is 1030. The van der Waals surface area contributed by atoms with E-state index < -0.39 is 17.7 Å². The van der Waals surface area contributed by atoms with E-state index in [0.717, 1.165) is 0 Å². The van der Waals surface area contributed by atoms with Crippen LogP contribution in [0.3, 0.4) is 0 Å². The molecule has 1 saturated heterocycles. The van der Waals surface area contributed by atoms with Gasteiger partial charge in [0, 0.05) is 19.2 Å². The van der Waals surface area contributed by atoms with Gasteiger partial charge in [-0.05, 0) is 35.9 Å². The van der Waals surface area contributed by atoms with Gasteiger partial charge in [0.05, 0.1) is 18.2 Å². The van der Waals surface area contributed by atoms with Crippen LogP contribution in [-0.2, 0) is 14.3 Å². The number of ether oxygens (including phenoxy) is 3. The summed E-state index contributed by atoms with van der Waals surface area (Å²) >= 11 is 0. The average molecular weight is 411 g/mol. The Morgan fingerprint density at radius 3 is 2.63 bits per heavy atom. The van der Waals surface area contributed by atoms with Crippen LogP contribution >= 0.6 is 0 Å². The van der Waals surface area contributed by atoms with Gasteiger partial charge in [0.15, 0.2) is 11.5 Å². The normalized spacial score (nSPS) is 19.9. The van der Waals surface area contributed by atoms with Crippen LogP contribution in [-0.4, -0.2) is 60.3 Å². The van der Waals surface area contributed by atoms with Gasteiger partial charge in [0.2, 0.25) is 0 Å². The van der Waals surface area contributed by atoms with Gasteiger partial charge in [-0.2, -0.15) is 0 Å². The molecule has 0 aromatic heterocycles. The molecule has 4 rings (SSSR count). The van der Waals surface area contributed by atoms with Crippen LogP contribution in [0.15, 0.2) is 48.0 Å². The number of methoxy groups -OCH3 is 1. The van der Waals surface area contributed by atoms with E-state index in [2.05, 4.69) is 0 Å². The highest BCUT2D eigenvalue weighted by atomic mass is 16.6. The number of phenolic OH excluding ortho intramolecular Hbond substituents is 1. The Balaban J connectivity index is 1.84. The SMILES string of the molecule is COCCN1C(=O)C(=O)/C(=C(/O)c2ccc3c(c2)OCCO3)[C@@H]1c1cccc(O)c1. The first-order valence-electron chi connectivity index (χ1n) is 9.47. The highest BCUT2D eigenvalue weighted by Gasteiger charge is 2.46. The number of ketones is 1.